The highest BCUT2D eigenvalue weighted by molar-refractivity contribution is 6.05. The quantitative estimate of drug-likeness (QED) is 0.0268. The molecule has 40 nitrogen and oxygen atoms in total. The number of amides is 8. The first-order chi connectivity index (χ1) is 62.4. The minimum absolute atomic E-state index is 0.0490. The van der Waals surface area contributed by atoms with Gasteiger partial charge in [0.05, 0.1) is 22.7 Å². The summed E-state index contributed by atoms with van der Waals surface area (Å²) in [4.78, 5) is 116. The van der Waals surface area contributed by atoms with Crippen LogP contribution in [0.2, 0.25) is 0 Å². The van der Waals surface area contributed by atoms with Crippen LogP contribution in [0.15, 0.2) is 125 Å². The first-order valence-corrected chi connectivity index (χ1v) is 37.5. The Hall–Kier alpha value is -15.2. The summed E-state index contributed by atoms with van der Waals surface area (Å²) in [5.74, 6) is -1.13. The van der Waals surface area contributed by atoms with Crippen molar-refractivity contribution in [1.82, 2.24) is 107 Å². The Morgan fingerprint density at radius 2 is 0.783 bits per heavy atom. The summed E-state index contributed by atoms with van der Waals surface area (Å²) in [7, 11) is 3.55. The molecule has 1 aliphatic heterocycles. The molecule has 0 bridgehead atoms. The minimum atomic E-state index is -2.70. The largest absolute Gasteiger partial charge is 0.354 e. The van der Waals surface area contributed by atoms with Gasteiger partial charge >= 0.3 is 0 Å². The van der Waals surface area contributed by atoms with Gasteiger partial charge in [-0.2, -0.15) is 20.4 Å². The average Bonchev–Trinajstić information content (AvgIpc) is 1.13. The number of aromatic amines is 1. The summed E-state index contributed by atoms with van der Waals surface area (Å²) in [6, 6.07) is 27.6. The van der Waals surface area contributed by atoms with E-state index in [1.165, 1.54) is 30.6 Å². The maximum atomic E-state index is 12.6. The van der Waals surface area contributed by atoms with Crippen LogP contribution in [-0.4, -0.2) is 173 Å². The zero-order valence-electron chi connectivity index (χ0n) is 77.7. The summed E-state index contributed by atoms with van der Waals surface area (Å²) in [6.45, 7) is 0.265. The van der Waals surface area contributed by atoms with Crippen molar-refractivity contribution >= 4 is 122 Å². The monoisotopic (exact) mass is 1640 g/mol. The van der Waals surface area contributed by atoms with E-state index in [0.717, 1.165) is 95.9 Å². The molecule has 7 aromatic heterocycles. The number of amidine groups is 1. The topological polar surface area (TPSA) is 524 Å². The lowest BCUT2D eigenvalue weighted by atomic mass is 10.1. The third-order valence-electron chi connectivity index (χ3n) is 19.2. The normalized spacial score (nSPS) is 16.0. The number of nitrogens with one attached hydrogen (secondary N) is 13. The van der Waals surface area contributed by atoms with Crippen molar-refractivity contribution in [3.63, 3.8) is 0 Å². The van der Waals surface area contributed by atoms with Gasteiger partial charge in [-0.25, -0.2) is 24.6 Å². The molecule has 1 atom stereocenters. The van der Waals surface area contributed by atoms with E-state index in [1.54, 1.807) is 79.2 Å². The zero-order chi connectivity index (χ0) is 95.0. The third kappa shape index (κ3) is 20.2. The molecule has 1 unspecified atom stereocenters. The smallest absolute Gasteiger partial charge is 0.273 e. The van der Waals surface area contributed by atoms with Gasteiger partial charge in [-0.05, 0) is 139 Å². The van der Waals surface area contributed by atoms with Crippen LogP contribution in [0.4, 0.5) is 68.8 Å². The molecule has 11 aromatic rings. The van der Waals surface area contributed by atoms with Crippen LogP contribution in [0.25, 0.3) is 34.2 Å². The molecule has 0 saturated heterocycles. The number of carbonyl (C=O) groups excluding carboxylic acids is 8. The van der Waals surface area contributed by atoms with Crippen molar-refractivity contribution < 1.29 is 54.8 Å². The van der Waals surface area contributed by atoms with E-state index >= 15 is 0 Å². The zero-order valence-corrected chi connectivity index (χ0v) is 65.7. The number of anilines is 12. The highest BCUT2D eigenvalue weighted by Gasteiger charge is 2.34. The van der Waals surface area contributed by atoms with Crippen LogP contribution in [0.5, 0.6) is 0 Å². The third-order valence-corrected chi connectivity index (χ3v) is 19.2. The van der Waals surface area contributed by atoms with Crippen LogP contribution in [0, 0.1) is 58.3 Å². The van der Waals surface area contributed by atoms with Crippen LogP contribution in [0.1, 0.15) is 150 Å². The molecule has 16 rings (SSSR count). The maximum absolute atomic E-state index is 12.6. The molecular weight excluding hydrogens is 1540 g/mol. The second kappa shape index (κ2) is 36.8. The second-order valence-electron chi connectivity index (χ2n) is 28.2. The summed E-state index contributed by atoms with van der Waals surface area (Å²) >= 11 is 0. The first-order valence-electron chi connectivity index (χ1n) is 43.5. The number of carbonyl (C=O) groups is 8. The van der Waals surface area contributed by atoms with Gasteiger partial charge in [0.15, 0.2) is 75.5 Å². The summed E-state index contributed by atoms with van der Waals surface area (Å²) in [5.41, 5.74) is 8.62. The maximum Gasteiger partial charge on any atom is 0.273 e. The number of aliphatic imine (C=N–C) groups is 1. The van der Waals surface area contributed by atoms with Gasteiger partial charge in [0, 0.05) is 151 Å². The number of azo groups is 1. The fraction of sp³-hybridized carbons (Fsp3) is 0.312. The van der Waals surface area contributed by atoms with E-state index in [4.69, 9.17) is 16.4 Å². The number of hydrogen-bond acceptors (Lipinski definition) is 29. The highest BCUT2D eigenvalue weighted by Crippen LogP contribution is 2.38. The van der Waals surface area contributed by atoms with Crippen molar-refractivity contribution in [3.8, 4) is 34.2 Å². The number of hydrogen-bond donors (Lipinski definition) is 13. The predicted octanol–water partition coefficient (Wildman–Crippen LogP) is 9.19. The molecule has 0 spiro atoms. The Kier molecular flexibility index (Phi) is 20.9. The van der Waals surface area contributed by atoms with Gasteiger partial charge in [-0.3, -0.25) is 48.1 Å². The number of aromatic nitrogens is 17. The van der Waals surface area contributed by atoms with Gasteiger partial charge < -0.3 is 63.8 Å². The van der Waals surface area contributed by atoms with Crippen molar-refractivity contribution in [1.29, 1.82) is 0 Å². The SMILES string of the molecule is [2H]C([2H])([2H])NC(=O)c1nnc(NC(=O)C2CC2)cc1Nc1cccc(-c2n[nH]c(C)n2)c1C.[2H]C([2H])([2H])NC(=O)c1nnc(NC(=O)C2CC2)cc1Nc1cccc(-c2ncn(C)n2)c1C.[2H]C([2H])([2H])NC(=O)c1nnc(NC(=O)C2CC2)cc1Nc1cccc(-c2ncnn2C)c1C.[2H]C([2H])([2H])NC(=O)c1nnc(NC(=O)C2CC2)cc1Nc1cccc(C2=NC(C)N=N2)c1C. The number of H-pyrrole nitrogens is 1. The van der Waals surface area contributed by atoms with Crippen LogP contribution >= 0.6 is 0 Å². The van der Waals surface area contributed by atoms with E-state index in [-0.39, 0.29) is 122 Å². The second-order valence-corrected chi connectivity index (χ2v) is 28.2. The predicted molar refractivity (Wildman–Crippen MR) is 446 cm³/mol. The summed E-state index contributed by atoms with van der Waals surface area (Å²) < 4.78 is 91.0. The fourth-order valence-electron chi connectivity index (χ4n) is 12.0. The van der Waals surface area contributed by atoms with E-state index in [1.807, 2.05) is 86.2 Å². The minimum Gasteiger partial charge on any atom is -0.354 e. The van der Waals surface area contributed by atoms with Crippen LogP contribution < -0.4 is 63.8 Å². The molecule has 8 heterocycles. The molecule has 4 aliphatic carbocycles. The Labute approximate surface area is 703 Å². The molecule has 4 saturated carbocycles. The lowest BCUT2D eigenvalue weighted by Crippen LogP contribution is -2.22. The summed E-state index contributed by atoms with van der Waals surface area (Å²) in [6.07, 6.45) is 9.31. The molecular formula is C80H88N32O8. The Bertz CT molecular complexity index is 6150. The molecule has 4 aromatic carbocycles. The first kappa shape index (κ1) is 68.1. The van der Waals surface area contributed by atoms with E-state index in [2.05, 4.69) is 134 Å². The van der Waals surface area contributed by atoms with Gasteiger partial charge in [-0.1, -0.05) is 48.5 Å². The van der Waals surface area contributed by atoms with Gasteiger partial charge in [0.25, 0.3) is 23.6 Å². The Balaban J connectivity index is 0.000000150. The lowest BCUT2D eigenvalue weighted by Gasteiger charge is -2.15. The lowest BCUT2D eigenvalue weighted by molar-refractivity contribution is -0.118. The molecule has 13 N–H and O–H groups in total. The average molecular weight is 1640 g/mol. The van der Waals surface area contributed by atoms with Crippen molar-refractivity contribution in [2.45, 2.75) is 99.1 Å². The Morgan fingerprint density at radius 3 is 1.09 bits per heavy atom. The number of nitrogens with zero attached hydrogens (tertiary/aromatic N) is 19. The fourth-order valence-corrected chi connectivity index (χ4v) is 12.0. The molecule has 40 heteroatoms. The van der Waals surface area contributed by atoms with Crippen molar-refractivity contribution in [2.24, 2.45) is 53.0 Å². The molecule has 120 heavy (non-hydrogen) atoms. The molecule has 5 aliphatic rings. The molecule has 8 amide bonds. The van der Waals surface area contributed by atoms with Crippen LogP contribution in [-0.2, 0) is 33.3 Å². The van der Waals surface area contributed by atoms with Crippen molar-refractivity contribution in [2.75, 3.05) is 70.4 Å². The standard InChI is InChI=1S/4C20H22N8O2/c1-11-13(18-22-10-28(3)27-18)5-4-6-14(11)23-15-9-16(24-19(29)12-7-8-12)25-26-17(15)20(30)21-2;1-11-13(18-22-10-23-28(18)3)5-4-6-14(11)24-15-9-16(25-19(29)12-7-8-12)26-27-17(15)20(30)21-2;2*1-10-13(18-22-11(2)25-28-18)5-4-6-14(10)23-15-9-16(24-19(29)12-7-8-12)26-27-17(15)20(30)21-3/h4-6,9-10,12H,7-8H2,1-3H3,(H,21,30)(H2,23,24,25,29);4-6,9-10,12H,7-8H2,1-3H3,(H,21,30)(H2,24,25,26,29);4-6,9,12H,7-8H2,1-3H3,(H,21,30)(H,22,25,28)(H2,23,24,26,29);4-6,9,11-12H,7-8H2,1-3H3,(H,21,30)(H2,23,24,26,29)/i2*2D3;2*3D3. The van der Waals surface area contributed by atoms with E-state index in [9.17, 15) is 38.4 Å². The number of aryl methyl sites for hydroxylation is 3. The van der Waals surface area contributed by atoms with Crippen molar-refractivity contribution in [3.05, 3.63) is 166 Å². The van der Waals surface area contributed by atoms with Gasteiger partial charge in [-0.15, -0.1) is 45.9 Å². The molecule has 616 valence electrons. The van der Waals surface area contributed by atoms with E-state index < -0.39 is 51.5 Å². The van der Waals surface area contributed by atoms with Gasteiger partial charge in [0.1, 0.15) is 18.5 Å². The van der Waals surface area contributed by atoms with E-state index in [0.29, 0.717) is 51.9 Å². The molecule has 4 fully saturated rings. The van der Waals surface area contributed by atoms with Crippen LogP contribution in [0.3, 0.4) is 0 Å². The highest BCUT2D eigenvalue weighted by atomic mass is 16.2. The Morgan fingerprint density at radius 1 is 0.433 bits per heavy atom. The number of benzene rings is 4. The summed E-state index contributed by atoms with van der Waals surface area (Å²) in [5, 5.41) is 85.5. The molecule has 0 radical (unpaired) electrons. The number of rotatable bonds is 24. The van der Waals surface area contributed by atoms with Gasteiger partial charge in [0.2, 0.25) is 23.6 Å².